The van der Waals surface area contributed by atoms with Crippen LogP contribution in [0, 0.1) is 0 Å². The minimum atomic E-state index is 0.348. The highest BCUT2D eigenvalue weighted by Crippen LogP contribution is 2.26. The normalized spacial score (nSPS) is 29.5. The highest BCUT2D eigenvalue weighted by molar-refractivity contribution is 5.35. The summed E-state index contributed by atoms with van der Waals surface area (Å²) in [6.07, 6.45) is 1.45. The molecule has 0 spiro atoms. The molecule has 0 aliphatic carbocycles. The highest BCUT2D eigenvalue weighted by atomic mass is 16.5. The number of rotatable bonds is 1. The van der Waals surface area contributed by atoms with Gasteiger partial charge >= 0.3 is 0 Å². The van der Waals surface area contributed by atoms with Gasteiger partial charge in [-0.15, -0.1) is 0 Å². The third-order valence-electron chi connectivity index (χ3n) is 3.65. The van der Waals surface area contributed by atoms with Crippen molar-refractivity contribution in [3.05, 3.63) is 29.8 Å². The zero-order chi connectivity index (χ0) is 11.7. The first kappa shape index (κ1) is 11.1. The summed E-state index contributed by atoms with van der Waals surface area (Å²) in [5.41, 5.74) is 1.34. The fourth-order valence-corrected chi connectivity index (χ4v) is 2.72. The lowest BCUT2D eigenvalue weighted by Gasteiger charge is -2.39. The van der Waals surface area contributed by atoms with Gasteiger partial charge in [0.1, 0.15) is 12.4 Å². The average molecular weight is 233 g/mol. The molecule has 92 valence electrons. The Bertz CT molecular complexity index is 394. The van der Waals surface area contributed by atoms with Gasteiger partial charge in [-0.2, -0.15) is 0 Å². The van der Waals surface area contributed by atoms with Crippen LogP contribution in [-0.4, -0.2) is 43.3 Å². The largest absolute Gasteiger partial charge is 0.492 e. The van der Waals surface area contributed by atoms with Crippen LogP contribution in [0.5, 0.6) is 5.75 Å². The van der Waals surface area contributed by atoms with Gasteiger partial charge in [0.05, 0.1) is 12.7 Å². The van der Waals surface area contributed by atoms with E-state index in [2.05, 4.69) is 30.0 Å². The number of fused-ring (bicyclic) bond motifs is 1. The van der Waals surface area contributed by atoms with Crippen LogP contribution >= 0.6 is 0 Å². The molecule has 1 fully saturated rings. The highest BCUT2D eigenvalue weighted by Gasteiger charge is 2.28. The Balaban J connectivity index is 1.71. The number of hydrogen-bond donors (Lipinski definition) is 0. The number of para-hydroxylation sites is 1. The maximum absolute atomic E-state index is 5.84. The Kier molecular flexibility index (Phi) is 3.04. The lowest BCUT2D eigenvalue weighted by atomic mass is 10.0. The summed E-state index contributed by atoms with van der Waals surface area (Å²) in [6.45, 7) is 5.85. The third-order valence-corrected chi connectivity index (χ3v) is 3.65. The molecule has 1 aromatic rings. The molecule has 2 aliphatic heterocycles. The molecule has 2 heterocycles. The summed E-state index contributed by atoms with van der Waals surface area (Å²) >= 11 is 0. The van der Waals surface area contributed by atoms with Gasteiger partial charge in [-0.1, -0.05) is 18.2 Å². The van der Waals surface area contributed by atoms with Crippen LogP contribution in [0.4, 0.5) is 0 Å². The van der Waals surface area contributed by atoms with Gasteiger partial charge in [0.15, 0.2) is 0 Å². The molecule has 0 aromatic heterocycles. The van der Waals surface area contributed by atoms with Crippen LogP contribution in [0.25, 0.3) is 0 Å². The minimum Gasteiger partial charge on any atom is -0.492 e. The first-order valence-corrected chi connectivity index (χ1v) is 6.39. The Labute approximate surface area is 102 Å². The number of ether oxygens (including phenoxy) is 2. The molecule has 3 rings (SSSR count). The molecule has 3 nitrogen and oxygen atoms in total. The summed E-state index contributed by atoms with van der Waals surface area (Å²) < 4.78 is 11.4. The van der Waals surface area contributed by atoms with Crippen molar-refractivity contribution in [3.8, 4) is 5.75 Å². The van der Waals surface area contributed by atoms with E-state index in [0.29, 0.717) is 12.1 Å². The summed E-state index contributed by atoms with van der Waals surface area (Å²) in [5.74, 6) is 1.06. The second-order valence-electron chi connectivity index (χ2n) is 4.95. The molecular weight excluding hydrogens is 214 g/mol. The van der Waals surface area contributed by atoms with Crippen molar-refractivity contribution in [3.63, 3.8) is 0 Å². The maximum atomic E-state index is 5.84. The third kappa shape index (κ3) is 2.31. The predicted octanol–water partition coefficient (Wildman–Crippen LogP) is 1.71. The molecule has 2 aliphatic rings. The van der Waals surface area contributed by atoms with Gasteiger partial charge < -0.3 is 9.47 Å². The average Bonchev–Trinajstić information content (AvgIpc) is 2.38. The van der Waals surface area contributed by atoms with Gasteiger partial charge in [-0.05, 0) is 25.0 Å². The van der Waals surface area contributed by atoms with Crippen LogP contribution < -0.4 is 4.74 Å². The van der Waals surface area contributed by atoms with E-state index in [1.807, 2.05) is 6.07 Å². The molecule has 1 aromatic carbocycles. The van der Waals surface area contributed by atoms with Crippen LogP contribution in [0.3, 0.4) is 0 Å². The number of morpholine rings is 1. The van der Waals surface area contributed by atoms with Crippen LogP contribution in [-0.2, 0) is 11.2 Å². The lowest BCUT2D eigenvalue weighted by molar-refractivity contribution is -0.0425. The van der Waals surface area contributed by atoms with Crippen LogP contribution in [0.2, 0.25) is 0 Å². The first-order chi connectivity index (χ1) is 8.33. The van der Waals surface area contributed by atoms with Crippen molar-refractivity contribution in [1.82, 2.24) is 4.90 Å². The topological polar surface area (TPSA) is 21.7 Å². The SMILES string of the molecule is C[C@@H]1CN([C@H]2COc3ccccc3C2)CCO1. The summed E-state index contributed by atoms with van der Waals surface area (Å²) in [4.78, 5) is 2.50. The number of hydrogen-bond acceptors (Lipinski definition) is 3. The summed E-state index contributed by atoms with van der Waals surface area (Å²) in [7, 11) is 0. The van der Waals surface area contributed by atoms with E-state index in [9.17, 15) is 0 Å². The van der Waals surface area contributed by atoms with Crippen molar-refractivity contribution in [1.29, 1.82) is 0 Å². The fourth-order valence-electron chi connectivity index (χ4n) is 2.72. The molecule has 0 radical (unpaired) electrons. The standard InChI is InChI=1S/C14H19NO2/c1-11-9-15(6-7-16-11)13-8-12-4-2-3-5-14(12)17-10-13/h2-5,11,13H,6-10H2,1H3/t11-,13-/m1/s1. The monoisotopic (exact) mass is 233 g/mol. The lowest BCUT2D eigenvalue weighted by Crippen LogP contribution is -2.50. The number of nitrogens with zero attached hydrogens (tertiary/aromatic N) is 1. The van der Waals surface area contributed by atoms with E-state index >= 15 is 0 Å². The van der Waals surface area contributed by atoms with Gasteiger partial charge in [0, 0.05) is 19.1 Å². The Morgan fingerprint density at radius 3 is 3.06 bits per heavy atom. The fraction of sp³-hybridized carbons (Fsp3) is 0.571. The minimum absolute atomic E-state index is 0.348. The van der Waals surface area contributed by atoms with E-state index in [0.717, 1.165) is 38.5 Å². The van der Waals surface area contributed by atoms with Gasteiger partial charge in [0.2, 0.25) is 0 Å². The van der Waals surface area contributed by atoms with Crippen molar-refractivity contribution < 1.29 is 9.47 Å². The molecule has 0 bridgehead atoms. The molecule has 0 saturated carbocycles. The van der Waals surface area contributed by atoms with Crippen molar-refractivity contribution >= 4 is 0 Å². The van der Waals surface area contributed by atoms with Crippen LogP contribution in [0.15, 0.2) is 24.3 Å². The van der Waals surface area contributed by atoms with Gasteiger partial charge in [-0.25, -0.2) is 0 Å². The van der Waals surface area contributed by atoms with E-state index in [-0.39, 0.29) is 0 Å². The molecule has 0 N–H and O–H groups in total. The number of benzene rings is 1. The van der Waals surface area contributed by atoms with E-state index in [1.54, 1.807) is 0 Å². The van der Waals surface area contributed by atoms with Gasteiger partial charge in [-0.3, -0.25) is 4.90 Å². The van der Waals surface area contributed by atoms with E-state index in [4.69, 9.17) is 9.47 Å². The molecule has 0 unspecified atom stereocenters. The molecule has 3 heteroatoms. The molecule has 0 amide bonds. The van der Waals surface area contributed by atoms with E-state index < -0.39 is 0 Å². The summed E-state index contributed by atoms with van der Waals surface area (Å²) in [6, 6.07) is 8.87. The smallest absolute Gasteiger partial charge is 0.122 e. The van der Waals surface area contributed by atoms with Crippen molar-refractivity contribution in [2.45, 2.75) is 25.5 Å². The molecule has 17 heavy (non-hydrogen) atoms. The van der Waals surface area contributed by atoms with Crippen molar-refractivity contribution in [2.75, 3.05) is 26.3 Å². The first-order valence-electron chi connectivity index (χ1n) is 6.39. The Morgan fingerprint density at radius 1 is 1.29 bits per heavy atom. The maximum Gasteiger partial charge on any atom is 0.122 e. The summed E-state index contributed by atoms with van der Waals surface area (Å²) in [5, 5.41) is 0. The zero-order valence-electron chi connectivity index (χ0n) is 10.3. The second-order valence-corrected chi connectivity index (χ2v) is 4.95. The second kappa shape index (κ2) is 4.67. The zero-order valence-corrected chi connectivity index (χ0v) is 10.3. The Hall–Kier alpha value is -1.06. The predicted molar refractivity (Wildman–Crippen MR) is 66.4 cm³/mol. The Morgan fingerprint density at radius 2 is 2.18 bits per heavy atom. The molecule has 1 saturated heterocycles. The van der Waals surface area contributed by atoms with Crippen molar-refractivity contribution in [2.24, 2.45) is 0 Å². The molecular formula is C14H19NO2. The van der Waals surface area contributed by atoms with Gasteiger partial charge in [0.25, 0.3) is 0 Å². The molecule has 2 atom stereocenters. The van der Waals surface area contributed by atoms with E-state index in [1.165, 1.54) is 5.56 Å². The van der Waals surface area contributed by atoms with Crippen LogP contribution in [0.1, 0.15) is 12.5 Å². The quantitative estimate of drug-likeness (QED) is 0.737.